The molecule has 0 aliphatic carbocycles. The molecule has 3 aromatic rings. The van der Waals surface area contributed by atoms with Gasteiger partial charge in [-0.3, -0.25) is 9.52 Å². The second-order valence-corrected chi connectivity index (χ2v) is 9.53. The minimum absolute atomic E-state index is 0.128. The topological polar surface area (TPSA) is 93.7 Å². The monoisotopic (exact) mass is 502 g/mol. The molecule has 1 amide bonds. The summed E-state index contributed by atoms with van der Waals surface area (Å²) < 4.78 is 38.8. The summed E-state index contributed by atoms with van der Waals surface area (Å²) in [6.07, 6.45) is 0. The first-order chi connectivity index (χ1) is 16.2. The summed E-state index contributed by atoms with van der Waals surface area (Å²) in [5, 5.41) is 2.95. The molecule has 3 rings (SSSR count). The summed E-state index contributed by atoms with van der Waals surface area (Å²) >= 11 is 6.29. The number of nitrogens with one attached hydrogen (secondary N) is 2. The van der Waals surface area contributed by atoms with E-state index < -0.39 is 10.0 Å². The van der Waals surface area contributed by atoms with E-state index in [4.69, 9.17) is 21.1 Å². The average Bonchev–Trinajstić information content (AvgIpc) is 2.79. The van der Waals surface area contributed by atoms with Crippen LogP contribution in [0.4, 0.5) is 5.69 Å². The number of ether oxygens (including phenoxy) is 2. The van der Waals surface area contributed by atoms with E-state index in [1.165, 1.54) is 30.3 Å². The molecule has 0 saturated heterocycles. The van der Waals surface area contributed by atoms with Crippen LogP contribution >= 0.6 is 11.6 Å². The minimum Gasteiger partial charge on any atom is -0.490 e. The van der Waals surface area contributed by atoms with Gasteiger partial charge in [0, 0.05) is 6.54 Å². The Morgan fingerprint density at radius 1 is 0.912 bits per heavy atom. The van der Waals surface area contributed by atoms with Crippen LogP contribution in [-0.4, -0.2) is 27.5 Å². The maximum atomic E-state index is 12.7. The van der Waals surface area contributed by atoms with Crippen LogP contribution in [0.15, 0.2) is 65.6 Å². The van der Waals surface area contributed by atoms with Crippen molar-refractivity contribution < 1.29 is 22.7 Å². The van der Waals surface area contributed by atoms with E-state index in [9.17, 15) is 13.2 Å². The van der Waals surface area contributed by atoms with E-state index in [0.717, 1.165) is 11.1 Å². The number of aryl methyl sites for hydroxylation is 1. The SMILES string of the molecule is CCOc1ccc(CNC(=O)c2ccc(NS(=O)(=O)c3ccc(C)cc3)cc2Cl)cc1OCC. The Morgan fingerprint density at radius 2 is 1.59 bits per heavy atom. The fourth-order valence-corrected chi connectivity index (χ4v) is 4.49. The van der Waals surface area contributed by atoms with Crippen LogP contribution in [0.25, 0.3) is 0 Å². The Balaban J connectivity index is 1.68. The minimum atomic E-state index is -3.77. The van der Waals surface area contributed by atoms with Crippen molar-refractivity contribution in [2.45, 2.75) is 32.2 Å². The molecular weight excluding hydrogens is 476 g/mol. The molecule has 0 saturated carbocycles. The average molecular weight is 503 g/mol. The van der Waals surface area contributed by atoms with Gasteiger partial charge in [0.2, 0.25) is 0 Å². The lowest BCUT2D eigenvalue weighted by Crippen LogP contribution is -2.23. The van der Waals surface area contributed by atoms with Crippen LogP contribution in [0.2, 0.25) is 5.02 Å². The maximum Gasteiger partial charge on any atom is 0.261 e. The normalized spacial score (nSPS) is 11.1. The van der Waals surface area contributed by atoms with E-state index >= 15 is 0 Å². The number of hydrogen-bond donors (Lipinski definition) is 2. The molecule has 7 nitrogen and oxygen atoms in total. The first-order valence-corrected chi connectivity index (χ1v) is 12.7. The molecule has 180 valence electrons. The van der Waals surface area contributed by atoms with Crippen molar-refractivity contribution in [3.8, 4) is 11.5 Å². The molecular formula is C25H27ClN2O5S. The van der Waals surface area contributed by atoms with E-state index in [1.807, 2.05) is 32.9 Å². The molecule has 0 aliphatic heterocycles. The Labute approximate surface area is 205 Å². The molecule has 0 atom stereocenters. The van der Waals surface area contributed by atoms with E-state index in [1.54, 1.807) is 18.2 Å². The first kappa shape index (κ1) is 25.4. The predicted molar refractivity (Wildman–Crippen MR) is 133 cm³/mol. The molecule has 9 heteroatoms. The Hall–Kier alpha value is -3.23. The number of benzene rings is 3. The Kier molecular flexibility index (Phi) is 8.41. The lowest BCUT2D eigenvalue weighted by atomic mass is 10.1. The zero-order valence-corrected chi connectivity index (χ0v) is 20.8. The van der Waals surface area contributed by atoms with Gasteiger partial charge < -0.3 is 14.8 Å². The zero-order chi connectivity index (χ0) is 24.7. The highest BCUT2D eigenvalue weighted by Crippen LogP contribution is 2.29. The van der Waals surface area contributed by atoms with Gasteiger partial charge in [-0.15, -0.1) is 0 Å². The van der Waals surface area contributed by atoms with Crippen molar-refractivity contribution in [2.75, 3.05) is 17.9 Å². The Bertz CT molecular complexity index is 1260. The van der Waals surface area contributed by atoms with Gasteiger partial charge in [0.25, 0.3) is 15.9 Å². The number of rotatable bonds is 10. The van der Waals surface area contributed by atoms with E-state index in [2.05, 4.69) is 10.0 Å². The van der Waals surface area contributed by atoms with Crippen molar-refractivity contribution in [3.05, 3.63) is 82.4 Å². The highest BCUT2D eigenvalue weighted by Gasteiger charge is 2.16. The summed E-state index contributed by atoms with van der Waals surface area (Å²) in [5.41, 5.74) is 2.28. The van der Waals surface area contributed by atoms with Gasteiger partial charge in [-0.25, -0.2) is 8.42 Å². The number of halogens is 1. The van der Waals surface area contributed by atoms with Gasteiger partial charge >= 0.3 is 0 Å². The molecule has 0 heterocycles. The predicted octanol–water partition coefficient (Wildman–Crippen LogP) is 5.18. The standard InChI is InChI=1S/C25H27ClN2O5S/c1-4-32-23-13-8-18(14-24(23)33-5-2)16-27-25(29)21-12-9-19(15-22(21)26)28-34(30,31)20-10-6-17(3)7-11-20/h6-15,28H,4-5,16H2,1-3H3,(H,27,29). The van der Waals surface area contributed by atoms with Crippen LogP contribution in [-0.2, 0) is 16.6 Å². The molecule has 0 aliphatic rings. The molecule has 0 radical (unpaired) electrons. The van der Waals surface area contributed by atoms with E-state index in [0.29, 0.717) is 24.7 Å². The van der Waals surface area contributed by atoms with Crippen molar-refractivity contribution in [2.24, 2.45) is 0 Å². The molecule has 0 unspecified atom stereocenters. The van der Waals surface area contributed by atoms with Crippen LogP contribution in [0, 0.1) is 6.92 Å². The molecule has 0 aromatic heterocycles. The van der Waals surface area contributed by atoms with Gasteiger partial charge in [0.05, 0.1) is 34.4 Å². The van der Waals surface area contributed by atoms with Crippen LogP contribution < -0.4 is 19.5 Å². The van der Waals surface area contributed by atoms with Gasteiger partial charge in [0.15, 0.2) is 11.5 Å². The molecule has 0 fully saturated rings. The van der Waals surface area contributed by atoms with Gasteiger partial charge in [-0.1, -0.05) is 35.4 Å². The van der Waals surface area contributed by atoms with Crippen molar-refractivity contribution in [3.63, 3.8) is 0 Å². The first-order valence-electron chi connectivity index (χ1n) is 10.8. The summed E-state index contributed by atoms with van der Waals surface area (Å²) in [4.78, 5) is 12.8. The third-order valence-corrected chi connectivity index (χ3v) is 6.57. The second kappa shape index (κ2) is 11.3. The Morgan fingerprint density at radius 3 is 2.24 bits per heavy atom. The van der Waals surface area contributed by atoms with Gasteiger partial charge in [0.1, 0.15) is 0 Å². The lowest BCUT2D eigenvalue weighted by Gasteiger charge is -2.13. The highest BCUT2D eigenvalue weighted by atomic mass is 35.5. The fraction of sp³-hybridized carbons (Fsp3) is 0.240. The quantitative estimate of drug-likeness (QED) is 0.398. The molecule has 34 heavy (non-hydrogen) atoms. The summed E-state index contributed by atoms with van der Waals surface area (Å²) in [7, 11) is -3.77. The van der Waals surface area contributed by atoms with Crippen molar-refractivity contribution in [1.29, 1.82) is 0 Å². The third-order valence-electron chi connectivity index (χ3n) is 4.86. The lowest BCUT2D eigenvalue weighted by molar-refractivity contribution is 0.0951. The van der Waals surface area contributed by atoms with Crippen molar-refractivity contribution in [1.82, 2.24) is 5.32 Å². The molecule has 2 N–H and O–H groups in total. The summed E-state index contributed by atoms with van der Waals surface area (Å²) in [5.74, 6) is 0.871. The van der Waals surface area contributed by atoms with Crippen LogP contribution in [0.3, 0.4) is 0 Å². The number of hydrogen-bond acceptors (Lipinski definition) is 5. The summed E-state index contributed by atoms with van der Waals surface area (Å²) in [6.45, 7) is 6.92. The number of carbonyl (C=O) groups excluding carboxylic acids is 1. The highest BCUT2D eigenvalue weighted by molar-refractivity contribution is 7.92. The maximum absolute atomic E-state index is 12.7. The van der Waals surface area contributed by atoms with Gasteiger partial charge in [-0.05, 0) is 68.8 Å². The third kappa shape index (κ3) is 6.42. The number of carbonyl (C=O) groups is 1. The number of anilines is 1. The number of sulfonamides is 1. The van der Waals surface area contributed by atoms with E-state index in [-0.39, 0.29) is 33.6 Å². The van der Waals surface area contributed by atoms with Crippen molar-refractivity contribution >= 4 is 33.2 Å². The van der Waals surface area contributed by atoms with Gasteiger partial charge in [-0.2, -0.15) is 0 Å². The van der Waals surface area contributed by atoms with Crippen LogP contribution in [0.5, 0.6) is 11.5 Å². The molecule has 0 bridgehead atoms. The smallest absolute Gasteiger partial charge is 0.261 e. The largest absolute Gasteiger partial charge is 0.490 e. The number of amides is 1. The summed E-state index contributed by atoms with van der Waals surface area (Å²) in [6, 6.07) is 16.3. The molecule has 0 spiro atoms. The molecule has 3 aromatic carbocycles. The fourth-order valence-electron chi connectivity index (χ4n) is 3.18. The van der Waals surface area contributed by atoms with Crippen LogP contribution in [0.1, 0.15) is 35.3 Å². The second-order valence-electron chi connectivity index (χ2n) is 7.44. The zero-order valence-electron chi connectivity index (χ0n) is 19.2.